The molecule has 1 aliphatic rings. The largest absolute Gasteiger partial charge is 0.478 e. The van der Waals surface area contributed by atoms with Gasteiger partial charge in [-0.2, -0.15) is 0 Å². The van der Waals surface area contributed by atoms with Gasteiger partial charge >= 0.3 is 5.97 Å². The number of carboxylic acids is 1. The highest BCUT2D eigenvalue weighted by atomic mass is 16.5. The third-order valence-electron chi connectivity index (χ3n) is 3.36. The van der Waals surface area contributed by atoms with Gasteiger partial charge in [-0.3, -0.25) is 0 Å². The molecular weight excluding hydrogens is 232 g/mol. The van der Waals surface area contributed by atoms with Crippen LogP contribution in [0.2, 0.25) is 0 Å². The minimum atomic E-state index is -0.971. The molecule has 1 fully saturated rings. The van der Waals surface area contributed by atoms with Crippen LogP contribution in [-0.2, 0) is 0 Å². The van der Waals surface area contributed by atoms with Gasteiger partial charge in [0.15, 0.2) is 0 Å². The van der Waals surface area contributed by atoms with Gasteiger partial charge in [0.2, 0.25) is 5.88 Å². The summed E-state index contributed by atoms with van der Waals surface area (Å²) in [6.07, 6.45) is 4.79. The third kappa shape index (κ3) is 3.20. The quantitative estimate of drug-likeness (QED) is 0.860. The van der Waals surface area contributed by atoms with E-state index < -0.39 is 5.97 Å². The van der Waals surface area contributed by atoms with Crippen LogP contribution in [0.1, 0.15) is 29.6 Å². The summed E-state index contributed by atoms with van der Waals surface area (Å²) >= 11 is 0. The Balaban J connectivity index is 1.78. The smallest absolute Gasteiger partial charge is 0.337 e. The first-order valence-electron chi connectivity index (χ1n) is 6.19. The molecule has 18 heavy (non-hydrogen) atoms. The van der Waals surface area contributed by atoms with E-state index in [0.717, 1.165) is 13.0 Å². The highest BCUT2D eigenvalue weighted by Gasteiger charge is 2.20. The second kappa shape index (κ2) is 5.82. The molecule has 0 aliphatic carbocycles. The Morgan fingerprint density at radius 1 is 1.61 bits per heavy atom. The van der Waals surface area contributed by atoms with Crippen LogP contribution in [0.3, 0.4) is 0 Å². The van der Waals surface area contributed by atoms with Gasteiger partial charge in [0, 0.05) is 18.3 Å². The average molecular weight is 250 g/mol. The molecule has 0 radical (unpaired) electrons. The van der Waals surface area contributed by atoms with E-state index in [1.165, 1.54) is 25.1 Å². The van der Waals surface area contributed by atoms with Crippen LogP contribution in [-0.4, -0.2) is 47.2 Å². The van der Waals surface area contributed by atoms with Crippen molar-refractivity contribution < 1.29 is 14.6 Å². The number of carbonyl (C=O) groups is 1. The normalized spacial score (nSPS) is 19.9. The molecule has 5 heteroatoms. The van der Waals surface area contributed by atoms with Crippen molar-refractivity contribution in [1.29, 1.82) is 0 Å². The summed E-state index contributed by atoms with van der Waals surface area (Å²) < 4.78 is 5.52. The summed E-state index contributed by atoms with van der Waals surface area (Å²) in [5, 5.41) is 8.74. The molecule has 2 rings (SSSR count). The summed E-state index contributed by atoms with van der Waals surface area (Å²) in [4.78, 5) is 17.0. The summed E-state index contributed by atoms with van der Waals surface area (Å²) in [5.41, 5.74) is 0.179. The maximum atomic E-state index is 10.7. The van der Waals surface area contributed by atoms with Crippen molar-refractivity contribution in [2.24, 2.45) is 0 Å². The van der Waals surface area contributed by atoms with E-state index in [9.17, 15) is 4.79 Å². The van der Waals surface area contributed by atoms with Crippen molar-refractivity contribution in [3.8, 4) is 5.88 Å². The summed E-state index contributed by atoms with van der Waals surface area (Å²) in [7, 11) is 2.14. The molecule has 0 spiro atoms. The standard InChI is InChI=1S/C13H18N2O3/c1-15-7-2-3-11(15)6-8-18-12-5-4-10(9-14-12)13(16)17/h4-5,9,11H,2-3,6-8H2,1H3,(H,16,17). The van der Waals surface area contributed by atoms with Crippen molar-refractivity contribution >= 4 is 5.97 Å². The SMILES string of the molecule is CN1CCCC1CCOc1ccc(C(=O)O)cn1. The van der Waals surface area contributed by atoms with Crippen LogP contribution in [0.25, 0.3) is 0 Å². The molecule has 1 aromatic heterocycles. The Hall–Kier alpha value is -1.62. The van der Waals surface area contributed by atoms with Gasteiger partial charge in [-0.1, -0.05) is 0 Å². The summed E-state index contributed by atoms with van der Waals surface area (Å²) in [6.45, 7) is 1.78. The molecule has 0 saturated carbocycles. The first-order chi connectivity index (χ1) is 8.66. The minimum Gasteiger partial charge on any atom is -0.478 e. The fraction of sp³-hybridized carbons (Fsp3) is 0.538. The lowest BCUT2D eigenvalue weighted by atomic mass is 10.1. The molecule has 1 aliphatic heterocycles. The maximum Gasteiger partial charge on any atom is 0.337 e. The van der Waals surface area contributed by atoms with Gasteiger partial charge in [-0.25, -0.2) is 9.78 Å². The van der Waals surface area contributed by atoms with E-state index in [1.807, 2.05) is 0 Å². The number of nitrogens with zero attached hydrogens (tertiary/aromatic N) is 2. The first-order valence-corrected chi connectivity index (χ1v) is 6.19. The lowest BCUT2D eigenvalue weighted by Crippen LogP contribution is -2.26. The molecule has 5 nitrogen and oxygen atoms in total. The number of aromatic nitrogens is 1. The van der Waals surface area contributed by atoms with Gasteiger partial charge in [-0.05, 0) is 38.9 Å². The summed E-state index contributed by atoms with van der Waals surface area (Å²) in [5.74, 6) is -0.484. The van der Waals surface area contributed by atoms with Gasteiger partial charge in [0.25, 0.3) is 0 Å². The molecule has 0 bridgehead atoms. The van der Waals surface area contributed by atoms with E-state index in [4.69, 9.17) is 9.84 Å². The highest BCUT2D eigenvalue weighted by Crippen LogP contribution is 2.18. The first kappa shape index (κ1) is 12.8. The van der Waals surface area contributed by atoms with Crippen molar-refractivity contribution in [3.63, 3.8) is 0 Å². The second-order valence-electron chi connectivity index (χ2n) is 4.60. The zero-order valence-electron chi connectivity index (χ0n) is 10.5. The van der Waals surface area contributed by atoms with Crippen LogP contribution in [0.15, 0.2) is 18.3 Å². The fourth-order valence-corrected chi connectivity index (χ4v) is 2.24. The van der Waals surface area contributed by atoms with Crippen molar-refractivity contribution in [2.45, 2.75) is 25.3 Å². The van der Waals surface area contributed by atoms with Gasteiger partial charge in [0.1, 0.15) is 0 Å². The van der Waals surface area contributed by atoms with E-state index in [-0.39, 0.29) is 5.56 Å². The number of ether oxygens (including phenoxy) is 1. The highest BCUT2D eigenvalue weighted by molar-refractivity contribution is 5.87. The number of pyridine rings is 1. The predicted molar refractivity (Wildman–Crippen MR) is 67.0 cm³/mol. The van der Waals surface area contributed by atoms with Crippen LogP contribution in [0, 0.1) is 0 Å². The molecule has 1 atom stereocenters. The van der Waals surface area contributed by atoms with E-state index in [1.54, 1.807) is 6.07 Å². The van der Waals surface area contributed by atoms with Gasteiger partial charge in [0.05, 0.1) is 12.2 Å². The van der Waals surface area contributed by atoms with E-state index in [2.05, 4.69) is 16.9 Å². The van der Waals surface area contributed by atoms with Crippen molar-refractivity contribution in [1.82, 2.24) is 9.88 Å². The topological polar surface area (TPSA) is 62.7 Å². The monoisotopic (exact) mass is 250 g/mol. The minimum absolute atomic E-state index is 0.179. The Morgan fingerprint density at radius 2 is 2.44 bits per heavy atom. The number of carboxylic acid groups (broad SMARTS) is 1. The zero-order valence-corrected chi connectivity index (χ0v) is 10.5. The van der Waals surface area contributed by atoms with E-state index >= 15 is 0 Å². The Kier molecular flexibility index (Phi) is 4.15. The molecule has 1 N–H and O–H groups in total. The third-order valence-corrected chi connectivity index (χ3v) is 3.36. The van der Waals surface area contributed by atoms with Crippen LogP contribution >= 0.6 is 0 Å². The lowest BCUT2D eigenvalue weighted by molar-refractivity contribution is 0.0696. The number of hydrogen-bond acceptors (Lipinski definition) is 4. The van der Waals surface area contributed by atoms with Crippen LogP contribution < -0.4 is 4.74 Å². The molecule has 1 saturated heterocycles. The van der Waals surface area contributed by atoms with Crippen LogP contribution in [0.5, 0.6) is 5.88 Å². The number of likely N-dealkylation sites (tertiary alicyclic amines) is 1. The molecule has 0 aromatic carbocycles. The molecule has 0 amide bonds. The summed E-state index contributed by atoms with van der Waals surface area (Å²) in [6, 6.07) is 3.71. The molecule has 1 unspecified atom stereocenters. The van der Waals surface area contributed by atoms with Gasteiger partial charge < -0.3 is 14.7 Å². The van der Waals surface area contributed by atoms with Crippen molar-refractivity contribution in [2.75, 3.05) is 20.2 Å². The lowest BCUT2D eigenvalue weighted by Gasteiger charge is -2.18. The Labute approximate surface area is 106 Å². The van der Waals surface area contributed by atoms with Crippen molar-refractivity contribution in [3.05, 3.63) is 23.9 Å². The Bertz CT molecular complexity index is 405. The number of rotatable bonds is 5. The predicted octanol–water partition coefficient (Wildman–Crippen LogP) is 1.64. The average Bonchev–Trinajstić information content (AvgIpc) is 2.76. The van der Waals surface area contributed by atoms with Crippen LogP contribution in [0.4, 0.5) is 0 Å². The molecular formula is C13H18N2O3. The second-order valence-corrected chi connectivity index (χ2v) is 4.60. The molecule has 1 aromatic rings. The zero-order chi connectivity index (χ0) is 13.0. The maximum absolute atomic E-state index is 10.7. The Morgan fingerprint density at radius 3 is 3.00 bits per heavy atom. The van der Waals surface area contributed by atoms with Gasteiger partial charge in [-0.15, -0.1) is 0 Å². The fourth-order valence-electron chi connectivity index (χ4n) is 2.24. The van der Waals surface area contributed by atoms with E-state index in [0.29, 0.717) is 18.5 Å². The molecule has 98 valence electrons. The number of hydrogen-bond donors (Lipinski definition) is 1. The number of aromatic carboxylic acids is 1. The molecule has 2 heterocycles.